The first-order chi connectivity index (χ1) is 14.7. The van der Waals surface area contributed by atoms with Gasteiger partial charge in [-0.1, -0.05) is 36.9 Å². The van der Waals surface area contributed by atoms with Crippen molar-refractivity contribution in [2.45, 2.75) is 65.1 Å². The minimum atomic E-state index is -4.51. The van der Waals surface area contributed by atoms with E-state index in [-0.39, 0.29) is 11.6 Å². The molecular formula is C23H30ClF3N4. The minimum absolute atomic E-state index is 0.0302. The van der Waals surface area contributed by atoms with Gasteiger partial charge in [0.25, 0.3) is 0 Å². The molecule has 0 spiro atoms. The van der Waals surface area contributed by atoms with Crippen molar-refractivity contribution in [1.29, 1.82) is 0 Å². The summed E-state index contributed by atoms with van der Waals surface area (Å²) in [6.07, 6.45) is 0.914. The first-order valence-corrected chi connectivity index (χ1v) is 11.5. The second-order valence-electron chi connectivity index (χ2n) is 9.10. The van der Waals surface area contributed by atoms with Crippen molar-refractivity contribution < 1.29 is 13.2 Å². The van der Waals surface area contributed by atoms with Crippen LogP contribution in [0.2, 0.25) is 5.02 Å². The second kappa shape index (κ2) is 8.66. The average molecular weight is 455 g/mol. The molecule has 4 nitrogen and oxygen atoms in total. The van der Waals surface area contributed by atoms with Crippen LogP contribution in [-0.4, -0.2) is 22.6 Å². The summed E-state index contributed by atoms with van der Waals surface area (Å²) in [4.78, 5) is 5.99. The fourth-order valence-corrected chi connectivity index (χ4v) is 5.17. The number of aromatic nitrogens is 2. The molecule has 170 valence electrons. The maximum Gasteiger partial charge on any atom is 0.435 e. The normalized spacial score (nSPS) is 17.7. The molecule has 8 heteroatoms. The van der Waals surface area contributed by atoms with E-state index in [0.717, 1.165) is 42.0 Å². The first-order valence-electron chi connectivity index (χ1n) is 11.1. The highest BCUT2D eigenvalue weighted by atomic mass is 35.5. The highest BCUT2D eigenvalue weighted by molar-refractivity contribution is 6.33. The number of hydrogen-bond donors (Lipinski definition) is 1. The molecule has 2 heterocycles. The molecule has 0 radical (unpaired) electrons. The van der Waals surface area contributed by atoms with Gasteiger partial charge in [-0.15, -0.1) is 0 Å². The number of hydrogen-bond acceptors (Lipinski definition) is 3. The van der Waals surface area contributed by atoms with Gasteiger partial charge in [0.1, 0.15) is 0 Å². The van der Waals surface area contributed by atoms with E-state index >= 15 is 0 Å². The lowest BCUT2D eigenvalue weighted by Crippen LogP contribution is -2.30. The fourth-order valence-electron chi connectivity index (χ4n) is 4.75. The van der Waals surface area contributed by atoms with Crippen molar-refractivity contribution in [3.8, 4) is 0 Å². The Labute approximate surface area is 186 Å². The fraction of sp³-hybridized carbons (Fsp3) is 0.609. The number of imidazole rings is 1. The number of halogens is 4. The van der Waals surface area contributed by atoms with Crippen LogP contribution in [0.1, 0.15) is 54.6 Å². The van der Waals surface area contributed by atoms with E-state index in [0.29, 0.717) is 37.0 Å². The van der Waals surface area contributed by atoms with E-state index in [4.69, 9.17) is 17.3 Å². The molecule has 0 amide bonds. The van der Waals surface area contributed by atoms with Crippen LogP contribution in [0, 0.1) is 25.7 Å². The molecule has 1 saturated carbocycles. The van der Waals surface area contributed by atoms with Crippen molar-refractivity contribution >= 4 is 23.2 Å². The molecule has 1 aromatic carbocycles. The Balaban J connectivity index is 1.73. The number of nitrogens with zero attached hydrogens (tertiary/aromatic N) is 3. The molecule has 0 saturated heterocycles. The third kappa shape index (κ3) is 4.72. The number of fused-ring (bicyclic) bond motifs is 1. The van der Waals surface area contributed by atoms with Gasteiger partial charge >= 0.3 is 6.18 Å². The smallest absolute Gasteiger partial charge is 0.330 e. The van der Waals surface area contributed by atoms with E-state index < -0.39 is 11.9 Å². The predicted molar refractivity (Wildman–Crippen MR) is 118 cm³/mol. The number of aryl methyl sites for hydroxylation is 2. The third-order valence-electron chi connectivity index (χ3n) is 6.49. The summed E-state index contributed by atoms with van der Waals surface area (Å²) >= 11 is 6.54. The number of anilines is 2. The molecule has 1 fully saturated rings. The number of alkyl halides is 3. The lowest BCUT2D eigenvalue weighted by atomic mass is 9.95. The van der Waals surface area contributed by atoms with Crippen LogP contribution in [0.5, 0.6) is 0 Å². The summed E-state index contributed by atoms with van der Waals surface area (Å²) in [5, 5.41) is 0.535. The Hall–Kier alpha value is -1.73. The first kappa shape index (κ1) is 22.5. The molecule has 2 aromatic rings. The average Bonchev–Trinajstić information content (AvgIpc) is 3.43. The van der Waals surface area contributed by atoms with Crippen LogP contribution >= 0.6 is 11.6 Å². The van der Waals surface area contributed by atoms with E-state index in [1.165, 1.54) is 12.8 Å². The zero-order chi connectivity index (χ0) is 22.3. The summed E-state index contributed by atoms with van der Waals surface area (Å²) < 4.78 is 43.8. The quantitative estimate of drug-likeness (QED) is 0.556. The molecule has 1 aliphatic heterocycles. The predicted octanol–water partition coefficient (Wildman–Crippen LogP) is 6.02. The summed E-state index contributed by atoms with van der Waals surface area (Å²) in [7, 11) is 0. The third-order valence-corrected chi connectivity index (χ3v) is 6.78. The van der Waals surface area contributed by atoms with Crippen LogP contribution in [0.25, 0.3) is 0 Å². The lowest BCUT2D eigenvalue weighted by molar-refractivity contribution is -0.141. The number of rotatable bonds is 7. The summed E-state index contributed by atoms with van der Waals surface area (Å²) in [5.41, 5.74) is 8.14. The van der Waals surface area contributed by atoms with Gasteiger partial charge in [-0.3, -0.25) is 0 Å². The van der Waals surface area contributed by atoms with E-state index in [2.05, 4.69) is 4.98 Å². The van der Waals surface area contributed by atoms with Gasteiger partial charge in [-0.2, -0.15) is 13.2 Å². The molecule has 31 heavy (non-hydrogen) atoms. The van der Waals surface area contributed by atoms with Crippen LogP contribution in [0.3, 0.4) is 0 Å². The van der Waals surface area contributed by atoms with E-state index in [9.17, 15) is 13.2 Å². The van der Waals surface area contributed by atoms with Crippen LogP contribution in [0.4, 0.5) is 24.8 Å². The molecule has 4 rings (SSSR count). The van der Waals surface area contributed by atoms with Gasteiger partial charge in [0.15, 0.2) is 5.69 Å². The Morgan fingerprint density at radius 1 is 1.23 bits per heavy atom. The van der Waals surface area contributed by atoms with Crippen LogP contribution in [-0.2, 0) is 19.1 Å². The highest BCUT2D eigenvalue weighted by Crippen LogP contribution is 2.42. The van der Waals surface area contributed by atoms with Crippen molar-refractivity contribution in [1.82, 2.24) is 9.55 Å². The minimum Gasteiger partial charge on any atom is -0.330 e. The Morgan fingerprint density at radius 2 is 1.97 bits per heavy atom. The van der Waals surface area contributed by atoms with Gasteiger partial charge < -0.3 is 15.2 Å². The van der Waals surface area contributed by atoms with E-state index in [1.54, 1.807) is 4.57 Å². The highest BCUT2D eigenvalue weighted by Gasteiger charge is 2.41. The van der Waals surface area contributed by atoms with Crippen molar-refractivity contribution in [3.63, 3.8) is 0 Å². The summed E-state index contributed by atoms with van der Waals surface area (Å²) in [6.45, 7) is 5.38. The summed E-state index contributed by atoms with van der Waals surface area (Å²) in [6, 6.07) is 3.84. The molecule has 2 N–H and O–H groups in total. The van der Waals surface area contributed by atoms with E-state index in [1.807, 2.05) is 30.9 Å². The standard InChI is InChI=1S/C23H30ClF3N4/c1-14-10-15(2)20(18(24)11-14)31-9-3-8-30-19(21(23(25,26)27)29-22(30)31)12-17(13-28)7-6-16-4-5-16/h10-11,16-17H,3-9,12-13,28H2,1-2H3. The van der Waals surface area contributed by atoms with Gasteiger partial charge in [-0.25, -0.2) is 4.98 Å². The monoisotopic (exact) mass is 454 g/mol. The maximum absolute atomic E-state index is 14.0. The van der Waals surface area contributed by atoms with Gasteiger partial charge in [0.2, 0.25) is 5.95 Å². The van der Waals surface area contributed by atoms with Crippen LogP contribution in [0.15, 0.2) is 12.1 Å². The van der Waals surface area contributed by atoms with Crippen molar-refractivity contribution in [3.05, 3.63) is 39.7 Å². The van der Waals surface area contributed by atoms with Crippen molar-refractivity contribution in [2.75, 3.05) is 18.0 Å². The zero-order valence-corrected chi connectivity index (χ0v) is 18.9. The molecule has 1 atom stereocenters. The molecule has 1 aromatic heterocycles. The SMILES string of the molecule is Cc1cc(C)c(N2CCCn3c2nc(C(F)(F)F)c3CC(CN)CCC2CC2)c(Cl)c1. The summed E-state index contributed by atoms with van der Waals surface area (Å²) in [5.74, 6) is 1.10. The molecular weight excluding hydrogens is 425 g/mol. The topological polar surface area (TPSA) is 47.1 Å². The maximum atomic E-state index is 14.0. The lowest BCUT2D eigenvalue weighted by Gasteiger charge is -2.32. The zero-order valence-electron chi connectivity index (χ0n) is 18.1. The Morgan fingerprint density at radius 3 is 2.58 bits per heavy atom. The molecule has 1 aliphatic carbocycles. The van der Waals surface area contributed by atoms with Crippen LogP contribution < -0.4 is 10.6 Å². The number of nitrogens with two attached hydrogens (primary N) is 1. The Bertz CT molecular complexity index is 926. The molecule has 1 unspecified atom stereocenters. The van der Waals surface area contributed by atoms with Gasteiger partial charge in [-0.05, 0) is 68.7 Å². The number of benzene rings is 1. The molecule has 2 aliphatic rings. The Kier molecular flexibility index (Phi) is 6.28. The second-order valence-corrected chi connectivity index (χ2v) is 9.51. The largest absolute Gasteiger partial charge is 0.435 e. The van der Waals surface area contributed by atoms with Gasteiger partial charge in [0, 0.05) is 13.1 Å². The van der Waals surface area contributed by atoms with Gasteiger partial charge in [0.05, 0.1) is 16.4 Å². The molecule has 0 bridgehead atoms. The van der Waals surface area contributed by atoms with Crippen molar-refractivity contribution in [2.24, 2.45) is 17.6 Å².